The van der Waals surface area contributed by atoms with Gasteiger partial charge in [0.1, 0.15) is 12.3 Å². The second-order valence-corrected chi connectivity index (χ2v) is 13.7. The Labute approximate surface area is 250 Å². The summed E-state index contributed by atoms with van der Waals surface area (Å²) in [5, 5.41) is 2.57. The van der Waals surface area contributed by atoms with Crippen LogP contribution < -0.4 is 0 Å². The largest absolute Gasteiger partial charge is 0.354 e. The maximum Gasteiger partial charge on any atom is 0.105 e. The highest BCUT2D eigenvalue weighted by molar-refractivity contribution is 6.09. The number of aromatic nitrogens is 2. The van der Waals surface area contributed by atoms with Crippen molar-refractivity contribution in [3.63, 3.8) is 0 Å². The Balaban J connectivity index is 1.36. The molecule has 5 atom stereocenters. The Morgan fingerprint density at radius 2 is 1.64 bits per heavy atom. The third-order valence-electron chi connectivity index (χ3n) is 11.3. The smallest absolute Gasteiger partial charge is 0.105 e. The zero-order chi connectivity index (χ0) is 28.0. The van der Waals surface area contributed by atoms with Crippen LogP contribution in [-0.4, -0.2) is 64.3 Å². The molecule has 5 nitrogen and oxygen atoms in total. The van der Waals surface area contributed by atoms with E-state index in [0.29, 0.717) is 12.0 Å². The summed E-state index contributed by atoms with van der Waals surface area (Å²) in [5.41, 5.74) is 4.83. The standard InChI is InChI=1S/C37H46N4O/c1-4-8-14-23-41-27-42-37-20-12-6-2-3-7-13-22-40-24-18-31(36(26-40,35(37)41)19-11-5-1)30(25-37)33-34-29(17-21-38-33)28-15-9-10-16-32(28)39-34/h1-2,5-6,9-10,15-17,21,25,31,35,39H,3-4,7-8,11-14,18-20,22-24,26-27H2. The molecule has 1 aliphatic carbocycles. The third-order valence-corrected chi connectivity index (χ3v) is 11.3. The number of pyridine rings is 1. The summed E-state index contributed by atoms with van der Waals surface area (Å²) >= 11 is 0. The van der Waals surface area contributed by atoms with Crippen LogP contribution in [0.25, 0.3) is 27.4 Å². The van der Waals surface area contributed by atoms with Gasteiger partial charge in [-0.15, -0.1) is 0 Å². The fourth-order valence-electron chi connectivity index (χ4n) is 9.54. The molecule has 1 N–H and O–H groups in total. The number of para-hydroxylation sites is 1. The van der Waals surface area contributed by atoms with Crippen molar-refractivity contribution in [3.05, 3.63) is 72.6 Å². The number of piperidine rings is 1. The lowest BCUT2D eigenvalue weighted by Crippen LogP contribution is -2.66. The molecule has 3 bridgehead atoms. The molecule has 4 aliphatic heterocycles. The molecule has 1 aromatic carbocycles. The van der Waals surface area contributed by atoms with Crippen molar-refractivity contribution >= 4 is 27.4 Å². The molecule has 5 unspecified atom stereocenters. The minimum Gasteiger partial charge on any atom is -0.354 e. The van der Waals surface area contributed by atoms with Gasteiger partial charge in [0.05, 0.1) is 17.3 Å². The van der Waals surface area contributed by atoms with Gasteiger partial charge in [-0.1, -0.05) is 42.5 Å². The summed E-state index contributed by atoms with van der Waals surface area (Å²) in [7, 11) is 0. The first-order valence-corrected chi connectivity index (χ1v) is 16.8. The van der Waals surface area contributed by atoms with Gasteiger partial charge in [0.15, 0.2) is 0 Å². The number of fused-ring (bicyclic) bond motifs is 4. The van der Waals surface area contributed by atoms with Crippen molar-refractivity contribution in [1.82, 2.24) is 19.8 Å². The number of benzene rings is 1. The van der Waals surface area contributed by atoms with E-state index in [1.54, 1.807) is 0 Å². The maximum absolute atomic E-state index is 7.15. The van der Waals surface area contributed by atoms with Gasteiger partial charge in [0.25, 0.3) is 0 Å². The summed E-state index contributed by atoms with van der Waals surface area (Å²) in [4.78, 5) is 14.6. The Morgan fingerprint density at radius 3 is 2.55 bits per heavy atom. The van der Waals surface area contributed by atoms with E-state index in [4.69, 9.17) is 9.72 Å². The molecule has 2 fully saturated rings. The molecular weight excluding hydrogens is 516 g/mol. The van der Waals surface area contributed by atoms with Crippen LogP contribution in [0, 0.1) is 11.3 Å². The fourth-order valence-corrected chi connectivity index (χ4v) is 9.54. The van der Waals surface area contributed by atoms with E-state index >= 15 is 0 Å². The van der Waals surface area contributed by atoms with Gasteiger partial charge >= 0.3 is 0 Å². The highest BCUT2D eigenvalue weighted by Crippen LogP contribution is 2.60. The number of aromatic amines is 1. The highest BCUT2D eigenvalue weighted by Gasteiger charge is 2.64. The molecular formula is C37H46N4O. The predicted octanol–water partition coefficient (Wildman–Crippen LogP) is 7.86. The third kappa shape index (κ3) is 4.42. The van der Waals surface area contributed by atoms with Crippen LogP contribution in [0.2, 0.25) is 0 Å². The van der Waals surface area contributed by atoms with Crippen molar-refractivity contribution in [1.29, 1.82) is 0 Å². The number of ether oxygens (including phenoxy) is 1. The zero-order valence-corrected chi connectivity index (χ0v) is 25.1. The fraction of sp³-hybridized carbons (Fsp3) is 0.541. The monoisotopic (exact) mass is 562 g/mol. The van der Waals surface area contributed by atoms with Crippen LogP contribution in [-0.2, 0) is 4.74 Å². The average Bonchev–Trinajstić information content (AvgIpc) is 3.57. The van der Waals surface area contributed by atoms with E-state index in [2.05, 4.69) is 75.5 Å². The Bertz CT molecular complexity index is 1540. The zero-order valence-electron chi connectivity index (χ0n) is 25.1. The SMILES string of the molecule is C1=CCCC23C=C(c4nccc5c4[nH]c4ccccc45)C4CCN(CCCC1)CC41CCC=CCCCCN(CO2)C31. The number of H-pyrrole nitrogens is 1. The van der Waals surface area contributed by atoms with Gasteiger partial charge in [-0.25, -0.2) is 0 Å². The number of hydrogen-bond acceptors (Lipinski definition) is 4. The van der Waals surface area contributed by atoms with Crippen molar-refractivity contribution in [2.24, 2.45) is 11.3 Å². The number of rotatable bonds is 1. The normalized spacial score (nSPS) is 34.3. The molecule has 1 spiro atoms. The number of nitrogens with one attached hydrogen (secondary N) is 1. The molecule has 5 heteroatoms. The molecule has 42 heavy (non-hydrogen) atoms. The van der Waals surface area contributed by atoms with Crippen molar-refractivity contribution in [2.75, 3.05) is 32.9 Å². The van der Waals surface area contributed by atoms with Gasteiger partial charge in [-0.2, -0.15) is 0 Å². The second-order valence-electron chi connectivity index (χ2n) is 13.7. The lowest BCUT2D eigenvalue weighted by molar-refractivity contribution is -0.0663. The van der Waals surface area contributed by atoms with Crippen molar-refractivity contribution in [2.45, 2.75) is 82.3 Å². The molecule has 0 saturated carbocycles. The van der Waals surface area contributed by atoms with E-state index in [-0.39, 0.29) is 11.0 Å². The molecule has 6 heterocycles. The Morgan fingerprint density at radius 1 is 0.833 bits per heavy atom. The molecule has 0 amide bonds. The van der Waals surface area contributed by atoms with Crippen LogP contribution in [0.4, 0.5) is 0 Å². The first-order chi connectivity index (χ1) is 20.8. The van der Waals surface area contributed by atoms with Crippen molar-refractivity contribution in [3.8, 4) is 0 Å². The van der Waals surface area contributed by atoms with Crippen LogP contribution in [0.1, 0.15) is 76.3 Å². The van der Waals surface area contributed by atoms with Crippen LogP contribution in [0.15, 0.2) is 66.9 Å². The number of nitrogens with zero attached hydrogens (tertiary/aromatic N) is 3. The maximum atomic E-state index is 7.15. The summed E-state index contributed by atoms with van der Waals surface area (Å²) in [6.07, 6.45) is 27.7. The first-order valence-electron chi connectivity index (χ1n) is 16.8. The van der Waals surface area contributed by atoms with Gasteiger partial charge in [-0.05, 0) is 113 Å². The molecule has 3 aromatic rings. The Hall–Kier alpha value is -2.73. The molecule has 2 saturated heterocycles. The summed E-state index contributed by atoms with van der Waals surface area (Å²) in [6, 6.07) is 11.3. The predicted molar refractivity (Wildman–Crippen MR) is 172 cm³/mol. The molecule has 0 radical (unpaired) electrons. The topological polar surface area (TPSA) is 44.4 Å². The molecule has 220 valence electrons. The quantitative estimate of drug-likeness (QED) is 0.307. The van der Waals surface area contributed by atoms with Crippen LogP contribution in [0.5, 0.6) is 0 Å². The minimum absolute atomic E-state index is 0.126. The van der Waals surface area contributed by atoms with E-state index in [0.717, 1.165) is 38.2 Å². The van der Waals surface area contributed by atoms with Gasteiger partial charge in [0.2, 0.25) is 0 Å². The lowest BCUT2D eigenvalue weighted by Gasteiger charge is -2.60. The van der Waals surface area contributed by atoms with E-state index in [1.807, 2.05) is 6.20 Å². The number of allylic oxidation sites excluding steroid dienone is 5. The molecule has 2 aromatic heterocycles. The minimum atomic E-state index is -0.291. The molecule has 5 aliphatic rings. The highest BCUT2D eigenvalue weighted by atomic mass is 16.5. The van der Waals surface area contributed by atoms with Gasteiger partial charge in [-0.3, -0.25) is 9.88 Å². The Kier molecular flexibility index (Phi) is 7.09. The van der Waals surface area contributed by atoms with Crippen LogP contribution in [0.3, 0.4) is 0 Å². The van der Waals surface area contributed by atoms with E-state index < -0.39 is 0 Å². The van der Waals surface area contributed by atoms with E-state index in [1.165, 1.54) is 98.4 Å². The second kappa shape index (κ2) is 11.1. The van der Waals surface area contributed by atoms with Gasteiger partial charge < -0.3 is 14.6 Å². The van der Waals surface area contributed by atoms with Crippen LogP contribution >= 0.6 is 0 Å². The van der Waals surface area contributed by atoms with Crippen molar-refractivity contribution < 1.29 is 4.74 Å². The summed E-state index contributed by atoms with van der Waals surface area (Å²) < 4.78 is 7.15. The van der Waals surface area contributed by atoms with Gasteiger partial charge in [0, 0.05) is 41.0 Å². The summed E-state index contributed by atoms with van der Waals surface area (Å²) in [5.74, 6) is 0.468. The first kappa shape index (κ1) is 26.9. The molecule has 8 rings (SSSR count). The number of hydrogen-bond donors (Lipinski definition) is 1. The van der Waals surface area contributed by atoms with E-state index in [9.17, 15) is 0 Å². The summed E-state index contributed by atoms with van der Waals surface area (Å²) in [6.45, 7) is 5.46. The lowest BCUT2D eigenvalue weighted by atomic mass is 9.53. The average molecular weight is 563 g/mol.